The molecule has 21 heavy (non-hydrogen) atoms. The first-order valence-corrected chi connectivity index (χ1v) is 7.48. The van der Waals surface area contributed by atoms with Crippen molar-refractivity contribution in [2.75, 3.05) is 6.54 Å². The van der Waals surface area contributed by atoms with Gasteiger partial charge in [-0.15, -0.1) is 0 Å². The highest BCUT2D eigenvalue weighted by Crippen LogP contribution is 2.21. The van der Waals surface area contributed by atoms with Crippen LogP contribution in [-0.2, 0) is 13.1 Å². The largest absolute Gasteiger partial charge is 0.341 e. The van der Waals surface area contributed by atoms with E-state index < -0.39 is 0 Å². The minimum absolute atomic E-state index is 0.814. The zero-order valence-electron chi connectivity index (χ0n) is 12.6. The molecule has 0 aliphatic rings. The van der Waals surface area contributed by atoms with Crippen LogP contribution in [0.4, 0.5) is 0 Å². The van der Waals surface area contributed by atoms with Gasteiger partial charge in [0.25, 0.3) is 0 Å². The number of fused-ring (bicyclic) bond motifs is 1. The summed E-state index contributed by atoms with van der Waals surface area (Å²) in [5, 5.41) is 4.71. The molecule has 0 unspecified atom stereocenters. The molecule has 0 saturated carbocycles. The first-order chi connectivity index (χ1) is 10.3. The maximum atomic E-state index is 4.61. The average Bonchev–Trinajstić information content (AvgIpc) is 2.89. The molecule has 0 aliphatic heterocycles. The minimum Gasteiger partial charge on any atom is -0.341 e. The van der Waals surface area contributed by atoms with Crippen molar-refractivity contribution < 1.29 is 0 Å². The predicted octanol–water partition coefficient (Wildman–Crippen LogP) is 3.50. The van der Waals surface area contributed by atoms with Gasteiger partial charge in [0.2, 0.25) is 0 Å². The van der Waals surface area contributed by atoms with Gasteiger partial charge in [0.15, 0.2) is 0 Å². The van der Waals surface area contributed by atoms with Crippen LogP contribution in [0.1, 0.15) is 23.9 Å². The molecule has 3 nitrogen and oxygen atoms in total. The van der Waals surface area contributed by atoms with Crippen molar-refractivity contribution in [2.45, 2.75) is 26.9 Å². The quantitative estimate of drug-likeness (QED) is 0.774. The molecule has 0 spiro atoms. The maximum Gasteiger partial charge on any atom is 0.0648 e. The lowest BCUT2D eigenvalue weighted by Crippen LogP contribution is -2.13. The van der Waals surface area contributed by atoms with Gasteiger partial charge in [-0.2, -0.15) is 0 Å². The van der Waals surface area contributed by atoms with Crippen LogP contribution in [0, 0.1) is 6.92 Å². The molecule has 0 saturated heterocycles. The normalized spacial score (nSPS) is 11.1. The molecule has 2 aromatic heterocycles. The monoisotopic (exact) mass is 279 g/mol. The molecule has 2 heterocycles. The molecule has 0 atom stereocenters. The summed E-state index contributed by atoms with van der Waals surface area (Å²) in [6, 6.07) is 14.9. The maximum absolute atomic E-state index is 4.61. The molecule has 3 rings (SSSR count). The van der Waals surface area contributed by atoms with Gasteiger partial charge in [0, 0.05) is 18.4 Å². The lowest BCUT2D eigenvalue weighted by molar-refractivity contribution is 0.722. The van der Waals surface area contributed by atoms with Gasteiger partial charge >= 0.3 is 0 Å². The van der Waals surface area contributed by atoms with E-state index in [0.29, 0.717) is 0 Å². The molecular formula is C18H21N3. The van der Waals surface area contributed by atoms with E-state index in [0.717, 1.165) is 31.0 Å². The van der Waals surface area contributed by atoms with Crippen LogP contribution < -0.4 is 5.32 Å². The molecule has 108 valence electrons. The molecule has 3 aromatic rings. The summed E-state index contributed by atoms with van der Waals surface area (Å²) in [6.07, 6.45) is 2.16. The van der Waals surface area contributed by atoms with Gasteiger partial charge in [-0.3, -0.25) is 4.98 Å². The fourth-order valence-corrected chi connectivity index (χ4v) is 2.74. The lowest BCUT2D eigenvalue weighted by Gasteiger charge is -2.10. The SMILES string of the molecule is CCNCc1cccc2ccn(Cc3cccc(C)n3)c12. The average molecular weight is 279 g/mol. The number of para-hydroxylation sites is 1. The highest BCUT2D eigenvalue weighted by atomic mass is 15.0. The van der Waals surface area contributed by atoms with Crippen molar-refractivity contribution in [1.82, 2.24) is 14.9 Å². The molecule has 0 radical (unpaired) electrons. The Labute approximate surface area is 125 Å². The minimum atomic E-state index is 0.814. The fraction of sp³-hybridized carbons (Fsp3) is 0.278. The Bertz CT molecular complexity index is 743. The smallest absolute Gasteiger partial charge is 0.0648 e. The summed E-state index contributed by atoms with van der Waals surface area (Å²) in [5.74, 6) is 0. The molecular weight excluding hydrogens is 258 g/mol. The standard InChI is InChI=1S/C18H21N3/c1-3-19-12-16-8-5-7-15-10-11-21(18(15)16)13-17-9-4-6-14(2)20-17/h4-11,19H,3,12-13H2,1-2H3. The summed E-state index contributed by atoms with van der Waals surface area (Å²) >= 11 is 0. The van der Waals surface area contributed by atoms with Crippen LogP contribution in [0.15, 0.2) is 48.7 Å². The van der Waals surface area contributed by atoms with Crippen LogP contribution in [0.2, 0.25) is 0 Å². The Morgan fingerprint density at radius 2 is 1.95 bits per heavy atom. The molecule has 0 fully saturated rings. The molecule has 1 aromatic carbocycles. The van der Waals surface area contributed by atoms with Gasteiger partial charge in [-0.05, 0) is 42.6 Å². The number of nitrogens with zero attached hydrogens (tertiary/aromatic N) is 2. The topological polar surface area (TPSA) is 29.9 Å². The van der Waals surface area contributed by atoms with Crippen LogP contribution in [-0.4, -0.2) is 16.1 Å². The zero-order valence-corrected chi connectivity index (χ0v) is 12.6. The Balaban J connectivity index is 1.98. The molecule has 0 bridgehead atoms. The van der Waals surface area contributed by atoms with Crippen molar-refractivity contribution in [2.24, 2.45) is 0 Å². The second-order valence-electron chi connectivity index (χ2n) is 5.35. The van der Waals surface area contributed by atoms with Gasteiger partial charge in [0.1, 0.15) is 0 Å². The van der Waals surface area contributed by atoms with Crippen LogP contribution in [0.5, 0.6) is 0 Å². The van der Waals surface area contributed by atoms with E-state index in [9.17, 15) is 0 Å². The van der Waals surface area contributed by atoms with Crippen molar-refractivity contribution in [3.05, 3.63) is 65.6 Å². The van der Waals surface area contributed by atoms with Gasteiger partial charge in [-0.25, -0.2) is 0 Å². The predicted molar refractivity (Wildman–Crippen MR) is 87.4 cm³/mol. The van der Waals surface area contributed by atoms with E-state index in [1.54, 1.807) is 0 Å². The molecule has 0 amide bonds. The molecule has 3 heteroatoms. The summed E-state index contributed by atoms with van der Waals surface area (Å²) in [7, 11) is 0. The van der Waals surface area contributed by atoms with Gasteiger partial charge in [-0.1, -0.05) is 31.2 Å². The number of hydrogen-bond donors (Lipinski definition) is 1. The third kappa shape index (κ3) is 2.98. The first-order valence-electron chi connectivity index (χ1n) is 7.48. The van der Waals surface area contributed by atoms with E-state index in [-0.39, 0.29) is 0 Å². The van der Waals surface area contributed by atoms with Crippen LogP contribution in [0.25, 0.3) is 10.9 Å². The van der Waals surface area contributed by atoms with Gasteiger partial charge < -0.3 is 9.88 Å². The second-order valence-corrected chi connectivity index (χ2v) is 5.35. The van der Waals surface area contributed by atoms with E-state index >= 15 is 0 Å². The number of nitrogens with one attached hydrogen (secondary N) is 1. The lowest BCUT2D eigenvalue weighted by atomic mass is 10.1. The number of aromatic nitrogens is 2. The second kappa shape index (κ2) is 6.10. The van der Waals surface area contributed by atoms with Crippen molar-refractivity contribution in [3.8, 4) is 0 Å². The van der Waals surface area contributed by atoms with Crippen LogP contribution >= 0.6 is 0 Å². The summed E-state index contributed by atoms with van der Waals surface area (Å²) in [6.45, 7) is 6.87. The Morgan fingerprint density at radius 1 is 1.10 bits per heavy atom. The molecule has 1 N–H and O–H groups in total. The number of hydrogen-bond acceptors (Lipinski definition) is 2. The number of benzene rings is 1. The fourth-order valence-electron chi connectivity index (χ4n) is 2.74. The number of rotatable bonds is 5. The van der Waals surface area contributed by atoms with E-state index in [1.165, 1.54) is 16.5 Å². The number of pyridine rings is 1. The zero-order chi connectivity index (χ0) is 14.7. The summed E-state index contributed by atoms with van der Waals surface area (Å²) in [5.41, 5.74) is 4.82. The Kier molecular flexibility index (Phi) is 4.02. The van der Waals surface area contributed by atoms with Crippen molar-refractivity contribution in [3.63, 3.8) is 0 Å². The van der Waals surface area contributed by atoms with E-state index in [4.69, 9.17) is 0 Å². The first kappa shape index (κ1) is 13.8. The van der Waals surface area contributed by atoms with Crippen LogP contribution in [0.3, 0.4) is 0 Å². The Morgan fingerprint density at radius 3 is 2.76 bits per heavy atom. The summed E-state index contributed by atoms with van der Waals surface area (Å²) < 4.78 is 2.30. The van der Waals surface area contributed by atoms with Crippen molar-refractivity contribution >= 4 is 10.9 Å². The Hall–Kier alpha value is -2.13. The number of aryl methyl sites for hydroxylation is 1. The van der Waals surface area contributed by atoms with E-state index in [1.807, 2.05) is 13.0 Å². The van der Waals surface area contributed by atoms with Gasteiger partial charge in [0.05, 0.1) is 17.8 Å². The summed E-state index contributed by atoms with van der Waals surface area (Å²) in [4.78, 5) is 4.61. The third-order valence-electron chi connectivity index (χ3n) is 3.72. The highest BCUT2D eigenvalue weighted by molar-refractivity contribution is 5.83. The molecule has 0 aliphatic carbocycles. The van der Waals surface area contributed by atoms with Crippen molar-refractivity contribution in [1.29, 1.82) is 0 Å². The van der Waals surface area contributed by atoms with E-state index in [2.05, 4.69) is 64.4 Å². The third-order valence-corrected chi connectivity index (χ3v) is 3.72. The highest BCUT2D eigenvalue weighted by Gasteiger charge is 2.07.